The van der Waals surface area contributed by atoms with E-state index < -0.39 is 0 Å². The Morgan fingerprint density at radius 1 is 1.64 bits per heavy atom. The number of hydrogen-bond donors (Lipinski definition) is 1. The van der Waals surface area contributed by atoms with Crippen molar-refractivity contribution in [1.82, 2.24) is 4.90 Å². The largest absolute Gasteiger partial charge is 0.362 e. The van der Waals surface area contributed by atoms with Gasteiger partial charge in [0.15, 0.2) is 0 Å². The highest BCUT2D eigenvalue weighted by molar-refractivity contribution is 5.47. The van der Waals surface area contributed by atoms with Gasteiger partial charge in [0, 0.05) is 13.7 Å². The minimum absolute atomic E-state index is 0.0440. The molecular formula is C7H16N2O2. The van der Waals surface area contributed by atoms with E-state index in [0.717, 1.165) is 25.8 Å². The summed E-state index contributed by atoms with van der Waals surface area (Å²) in [4.78, 5) is 11.9. The third-order valence-corrected chi connectivity index (χ3v) is 1.64. The molecule has 1 aliphatic rings. The predicted octanol–water partition coefficient (Wildman–Crippen LogP) is -0.214. The Labute approximate surface area is 67.3 Å². The van der Waals surface area contributed by atoms with Gasteiger partial charge in [-0.1, -0.05) is 0 Å². The predicted molar refractivity (Wildman–Crippen MR) is 42.9 cm³/mol. The molecule has 1 aliphatic heterocycles. The summed E-state index contributed by atoms with van der Waals surface area (Å²) in [6.45, 7) is 0.849. The molecular weight excluding hydrogens is 144 g/mol. The summed E-state index contributed by atoms with van der Waals surface area (Å²) in [5.74, 6) is 0. The van der Waals surface area contributed by atoms with Crippen LogP contribution in [0.15, 0.2) is 0 Å². The van der Waals surface area contributed by atoms with E-state index in [1.54, 1.807) is 12.0 Å². The number of hydrogen-bond acceptors (Lipinski definition) is 3. The van der Waals surface area contributed by atoms with Crippen LogP contribution in [0, 0.1) is 0 Å². The minimum Gasteiger partial charge on any atom is -0.362 e. The number of nitrogens with zero attached hydrogens (tertiary/aromatic N) is 1. The van der Waals surface area contributed by atoms with E-state index in [0.29, 0.717) is 0 Å². The number of likely N-dealkylation sites (tertiary alicyclic amines) is 1. The highest BCUT2D eigenvalue weighted by atomic mass is 16.5. The molecule has 1 saturated heterocycles. The maximum atomic E-state index is 10.2. The molecule has 2 N–H and O–H groups in total. The number of ether oxygens (including phenoxy) is 1. The van der Waals surface area contributed by atoms with E-state index in [9.17, 15) is 4.79 Å². The molecule has 1 fully saturated rings. The van der Waals surface area contributed by atoms with Crippen LogP contribution in [0.25, 0.3) is 0 Å². The maximum Gasteiger partial charge on any atom is 0.211 e. The van der Waals surface area contributed by atoms with Crippen LogP contribution in [-0.4, -0.2) is 38.2 Å². The molecule has 1 atom stereocenters. The SMILES string of the molecule is CN.COC1CCCN1C=O. The van der Waals surface area contributed by atoms with Gasteiger partial charge in [-0.15, -0.1) is 0 Å². The Hall–Kier alpha value is -0.610. The summed E-state index contributed by atoms with van der Waals surface area (Å²) in [7, 11) is 3.13. The van der Waals surface area contributed by atoms with E-state index in [-0.39, 0.29) is 6.23 Å². The van der Waals surface area contributed by atoms with Gasteiger partial charge in [0.25, 0.3) is 0 Å². The second-order valence-electron chi connectivity index (χ2n) is 2.18. The smallest absolute Gasteiger partial charge is 0.211 e. The zero-order valence-corrected chi connectivity index (χ0v) is 7.12. The molecule has 0 radical (unpaired) electrons. The summed E-state index contributed by atoms with van der Waals surface area (Å²) in [5, 5.41) is 0. The molecule has 1 amide bonds. The molecule has 0 saturated carbocycles. The van der Waals surface area contributed by atoms with Crippen LogP contribution in [0.3, 0.4) is 0 Å². The molecule has 1 heterocycles. The third kappa shape index (κ3) is 2.86. The quantitative estimate of drug-likeness (QED) is 0.568. The van der Waals surface area contributed by atoms with Crippen molar-refractivity contribution < 1.29 is 9.53 Å². The number of carbonyl (C=O) groups excluding carboxylic acids is 1. The second kappa shape index (κ2) is 6.12. The normalized spacial score (nSPS) is 22.5. The van der Waals surface area contributed by atoms with Crippen molar-refractivity contribution in [2.75, 3.05) is 20.7 Å². The Morgan fingerprint density at radius 3 is 2.64 bits per heavy atom. The van der Waals surface area contributed by atoms with Crippen molar-refractivity contribution >= 4 is 6.41 Å². The van der Waals surface area contributed by atoms with Crippen molar-refractivity contribution in [2.24, 2.45) is 5.73 Å². The molecule has 0 aromatic carbocycles. The van der Waals surface area contributed by atoms with Crippen molar-refractivity contribution in [2.45, 2.75) is 19.1 Å². The second-order valence-corrected chi connectivity index (χ2v) is 2.18. The fourth-order valence-electron chi connectivity index (χ4n) is 1.13. The highest BCUT2D eigenvalue weighted by Crippen LogP contribution is 2.14. The fraction of sp³-hybridized carbons (Fsp3) is 0.857. The number of amides is 1. The van der Waals surface area contributed by atoms with E-state index in [2.05, 4.69) is 5.73 Å². The van der Waals surface area contributed by atoms with Crippen LogP contribution in [0.5, 0.6) is 0 Å². The van der Waals surface area contributed by atoms with Gasteiger partial charge in [0.1, 0.15) is 6.23 Å². The molecule has 4 heteroatoms. The van der Waals surface area contributed by atoms with Gasteiger partial charge in [-0.25, -0.2) is 0 Å². The molecule has 0 aromatic rings. The zero-order valence-electron chi connectivity index (χ0n) is 7.12. The van der Waals surface area contributed by atoms with Gasteiger partial charge in [-0.3, -0.25) is 4.79 Å². The van der Waals surface area contributed by atoms with Crippen molar-refractivity contribution in [1.29, 1.82) is 0 Å². The van der Waals surface area contributed by atoms with E-state index >= 15 is 0 Å². The average Bonchev–Trinajstić information content (AvgIpc) is 2.54. The lowest BCUT2D eigenvalue weighted by molar-refractivity contribution is -0.126. The standard InChI is InChI=1S/C6H11NO2.CH5N/c1-9-6-3-2-4-7(6)5-8;1-2/h5-6H,2-4H2,1H3;2H2,1H3. The number of rotatable bonds is 2. The van der Waals surface area contributed by atoms with Gasteiger partial charge in [-0.2, -0.15) is 0 Å². The molecule has 0 aromatic heterocycles. The van der Waals surface area contributed by atoms with Crippen LogP contribution < -0.4 is 5.73 Å². The first-order chi connectivity index (χ1) is 5.38. The molecule has 0 aliphatic carbocycles. The number of nitrogens with two attached hydrogens (primary N) is 1. The molecule has 11 heavy (non-hydrogen) atoms. The van der Waals surface area contributed by atoms with Crippen molar-refractivity contribution in [3.63, 3.8) is 0 Å². The Morgan fingerprint density at radius 2 is 2.27 bits per heavy atom. The maximum absolute atomic E-state index is 10.2. The van der Waals surface area contributed by atoms with Crippen LogP contribution in [0.1, 0.15) is 12.8 Å². The van der Waals surface area contributed by atoms with E-state index in [1.165, 1.54) is 7.05 Å². The molecule has 4 nitrogen and oxygen atoms in total. The van der Waals surface area contributed by atoms with Crippen molar-refractivity contribution in [3.8, 4) is 0 Å². The Kier molecular flexibility index (Phi) is 5.78. The van der Waals surface area contributed by atoms with Gasteiger partial charge >= 0.3 is 0 Å². The zero-order chi connectivity index (χ0) is 8.69. The van der Waals surface area contributed by atoms with E-state index in [4.69, 9.17) is 4.74 Å². The number of methoxy groups -OCH3 is 1. The summed E-state index contributed by atoms with van der Waals surface area (Å²) in [6, 6.07) is 0. The topological polar surface area (TPSA) is 55.6 Å². The first kappa shape index (κ1) is 10.4. The lowest BCUT2D eigenvalue weighted by Crippen LogP contribution is -2.28. The van der Waals surface area contributed by atoms with Gasteiger partial charge < -0.3 is 15.4 Å². The molecule has 0 bridgehead atoms. The summed E-state index contributed by atoms with van der Waals surface area (Å²) in [5.41, 5.74) is 4.50. The van der Waals surface area contributed by atoms with Crippen LogP contribution in [-0.2, 0) is 9.53 Å². The van der Waals surface area contributed by atoms with Crippen molar-refractivity contribution in [3.05, 3.63) is 0 Å². The van der Waals surface area contributed by atoms with Gasteiger partial charge in [0.05, 0.1) is 0 Å². The summed E-state index contributed by atoms with van der Waals surface area (Å²) in [6.07, 6.45) is 2.94. The minimum atomic E-state index is 0.0440. The van der Waals surface area contributed by atoms with Gasteiger partial charge in [0.2, 0.25) is 6.41 Å². The average molecular weight is 160 g/mol. The lowest BCUT2D eigenvalue weighted by atomic mass is 10.4. The Bertz CT molecular complexity index is 109. The highest BCUT2D eigenvalue weighted by Gasteiger charge is 2.21. The summed E-state index contributed by atoms with van der Waals surface area (Å²) < 4.78 is 5.01. The molecule has 1 rings (SSSR count). The third-order valence-electron chi connectivity index (χ3n) is 1.64. The molecule has 1 unspecified atom stereocenters. The molecule has 66 valence electrons. The summed E-state index contributed by atoms with van der Waals surface area (Å²) >= 11 is 0. The Balaban J connectivity index is 0.000000461. The van der Waals surface area contributed by atoms with E-state index in [1.807, 2.05) is 0 Å². The van der Waals surface area contributed by atoms with Crippen LogP contribution >= 0.6 is 0 Å². The first-order valence-corrected chi connectivity index (χ1v) is 3.70. The lowest BCUT2D eigenvalue weighted by Gasteiger charge is -2.16. The fourth-order valence-corrected chi connectivity index (χ4v) is 1.13. The first-order valence-electron chi connectivity index (χ1n) is 3.70. The monoisotopic (exact) mass is 160 g/mol. The number of carbonyl (C=O) groups is 1. The van der Waals surface area contributed by atoms with Gasteiger partial charge in [-0.05, 0) is 19.9 Å². The molecule has 0 spiro atoms. The van der Waals surface area contributed by atoms with Crippen LogP contribution in [0.2, 0.25) is 0 Å². The van der Waals surface area contributed by atoms with Crippen LogP contribution in [0.4, 0.5) is 0 Å².